The molecule has 0 aromatic carbocycles. The maximum atomic E-state index is 11.7. The van der Waals surface area contributed by atoms with E-state index in [9.17, 15) is 9.90 Å². The quantitative estimate of drug-likeness (QED) is 0.909. The van der Waals surface area contributed by atoms with Crippen molar-refractivity contribution >= 4 is 11.8 Å². The molecule has 2 aromatic heterocycles. The van der Waals surface area contributed by atoms with E-state index in [0.717, 1.165) is 35.7 Å². The van der Waals surface area contributed by atoms with Crippen molar-refractivity contribution in [1.29, 1.82) is 0 Å². The topological polar surface area (TPSA) is 79.2 Å². The first-order valence-electron chi connectivity index (χ1n) is 8.30. The lowest BCUT2D eigenvalue weighted by Crippen LogP contribution is -2.24. The van der Waals surface area contributed by atoms with E-state index < -0.39 is 11.9 Å². The van der Waals surface area contributed by atoms with Crippen LogP contribution in [0.5, 0.6) is 0 Å². The van der Waals surface area contributed by atoms with Gasteiger partial charge in [0.05, 0.1) is 5.92 Å². The molecule has 0 unspecified atom stereocenters. The highest BCUT2D eigenvalue weighted by Crippen LogP contribution is 2.35. The predicted octanol–water partition coefficient (Wildman–Crippen LogP) is 2.44. The third-order valence-electron chi connectivity index (χ3n) is 4.46. The molecule has 2 aromatic rings. The monoisotopic (exact) mass is 326 g/mol. The fraction of sp³-hybridized carbons (Fsp3) is 0.444. The Balaban J connectivity index is 1.89. The second-order valence-electron chi connectivity index (χ2n) is 6.27. The van der Waals surface area contributed by atoms with E-state index in [2.05, 4.69) is 26.8 Å². The number of hydrogen-bond acceptors (Lipinski definition) is 5. The molecule has 0 bridgehead atoms. The normalized spacial score (nSPS) is 20.3. The Morgan fingerprint density at radius 2 is 2.04 bits per heavy atom. The molecule has 0 radical (unpaired) electrons. The molecule has 126 valence electrons. The number of hydrogen-bond donors (Lipinski definition) is 1. The summed E-state index contributed by atoms with van der Waals surface area (Å²) in [5, 5.41) is 9.63. The van der Waals surface area contributed by atoms with E-state index in [0.29, 0.717) is 13.1 Å². The van der Waals surface area contributed by atoms with Crippen LogP contribution in [0, 0.1) is 12.8 Å². The number of carboxylic acid groups (broad SMARTS) is 1. The summed E-state index contributed by atoms with van der Waals surface area (Å²) in [5.74, 6) is 0.382. The Hall–Kier alpha value is -2.50. The van der Waals surface area contributed by atoms with Crippen LogP contribution in [0.3, 0.4) is 0 Å². The van der Waals surface area contributed by atoms with Crippen LogP contribution in [0.1, 0.15) is 36.3 Å². The molecule has 1 saturated heterocycles. The predicted molar refractivity (Wildman–Crippen MR) is 91.1 cm³/mol. The number of anilines is 1. The van der Waals surface area contributed by atoms with E-state index in [-0.39, 0.29) is 5.92 Å². The zero-order valence-electron chi connectivity index (χ0n) is 14.0. The van der Waals surface area contributed by atoms with Crippen molar-refractivity contribution in [3.8, 4) is 0 Å². The highest BCUT2D eigenvalue weighted by molar-refractivity contribution is 5.73. The molecule has 1 N–H and O–H groups in total. The Labute approximate surface area is 141 Å². The van der Waals surface area contributed by atoms with Gasteiger partial charge in [-0.25, -0.2) is 9.97 Å². The number of nitrogens with zero attached hydrogens (tertiary/aromatic N) is 4. The van der Waals surface area contributed by atoms with Gasteiger partial charge in [0, 0.05) is 49.6 Å². The minimum atomic E-state index is -0.765. The van der Waals surface area contributed by atoms with Crippen LogP contribution in [0.2, 0.25) is 0 Å². The van der Waals surface area contributed by atoms with E-state index >= 15 is 0 Å². The first kappa shape index (κ1) is 16.4. The summed E-state index contributed by atoms with van der Waals surface area (Å²) in [7, 11) is 0. The zero-order valence-corrected chi connectivity index (χ0v) is 14.0. The molecule has 6 nitrogen and oxygen atoms in total. The molecule has 1 aliphatic rings. The van der Waals surface area contributed by atoms with Crippen molar-refractivity contribution in [3.63, 3.8) is 0 Å². The summed E-state index contributed by atoms with van der Waals surface area (Å²) < 4.78 is 0. The standard InChI is InChI=1S/C18H22N4O2/c1-3-4-16-20-12(2)9-17(21-16)22-10-14(15(11-22)18(23)24)13-5-7-19-8-6-13/h5-9,14-15H,3-4,10-11H2,1-2H3,(H,23,24)/t14-,15+/m1/s1. The first-order chi connectivity index (χ1) is 11.6. The van der Waals surface area contributed by atoms with Crippen molar-refractivity contribution in [2.75, 3.05) is 18.0 Å². The maximum Gasteiger partial charge on any atom is 0.308 e. The largest absolute Gasteiger partial charge is 0.481 e. The third kappa shape index (κ3) is 3.37. The van der Waals surface area contributed by atoms with Crippen molar-refractivity contribution in [3.05, 3.63) is 47.7 Å². The average molecular weight is 326 g/mol. The minimum absolute atomic E-state index is 0.0598. The van der Waals surface area contributed by atoms with Gasteiger partial charge in [-0.05, 0) is 31.0 Å². The second kappa shape index (κ2) is 6.95. The molecular weight excluding hydrogens is 304 g/mol. The van der Waals surface area contributed by atoms with Crippen LogP contribution in [-0.2, 0) is 11.2 Å². The summed E-state index contributed by atoms with van der Waals surface area (Å²) in [6, 6.07) is 5.74. The van der Waals surface area contributed by atoms with Crippen molar-refractivity contribution < 1.29 is 9.90 Å². The lowest BCUT2D eigenvalue weighted by atomic mass is 9.90. The van der Waals surface area contributed by atoms with E-state index in [4.69, 9.17) is 0 Å². The molecule has 3 rings (SSSR count). The highest BCUT2D eigenvalue weighted by atomic mass is 16.4. The molecule has 0 aliphatic carbocycles. The molecule has 24 heavy (non-hydrogen) atoms. The first-order valence-corrected chi connectivity index (χ1v) is 8.30. The van der Waals surface area contributed by atoms with Crippen LogP contribution >= 0.6 is 0 Å². The summed E-state index contributed by atoms with van der Waals surface area (Å²) in [4.78, 5) is 26.9. The Morgan fingerprint density at radius 1 is 1.29 bits per heavy atom. The van der Waals surface area contributed by atoms with Gasteiger partial charge >= 0.3 is 5.97 Å². The van der Waals surface area contributed by atoms with E-state index in [1.807, 2.05) is 25.1 Å². The van der Waals surface area contributed by atoms with Crippen molar-refractivity contribution in [2.45, 2.75) is 32.6 Å². The molecular formula is C18H22N4O2. The smallest absolute Gasteiger partial charge is 0.308 e. The SMILES string of the molecule is CCCc1nc(C)cc(N2C[C@H](C(=O)O)[C@@H](c3ccncc3)C2)n1. The Bertz CT molecular complexity index is 720. The summed E-state index contributed by atoms with van der Waals surface area (Å²) in [6.45, 7) is 5.16. The van der Waals surface area contributed by atoms with Gasteiger partial charge in [-0.15, -0.1) is 0 Å². The molecule has 3 heterocycles. The summed E-state index contributed by atoms with van der Waals surface area (Å²) in [5.41, 5.74) is 1.93. The lowest BCUT2D eigenvalue weighted by molar-refractivity contribution is -0.141. The minimum Gasteiger partial charge on any atom is -0.481 e. The number of rotatable bonds is 5. The van der Waals surface area contributed by atoms with Gasteiger partial charge in [-0.3, -0.25) is 9.78 Å². The van der Waals surface area contributed by atoms with Gasteiger partial charge in [0.1, 0.15) is 11.6 Å². The molecule has 0 spiro atoms. The molecule has 2 atom stereocenters. The van der Waals surface area contributed by atoms with E-state index in [1.54, 1.807) is 12.4 Å². The average Bonchev–Trinajstić information content (AvgIpc) is 3.01. The van der Waals surface area contributed by atoms with Gasteiger partial charge in [0.15, 0.2) is 0 Å². The lowest BCUT2D eigenvalue weighted by Gasteiger charge is -2.18. The van der Waals surface area contributed by atoms with Gasteiger partial charge < -0.3 is 10.0 Å². The van der Waals surface area contributed by atoms with Crippen molar-refractivity contribution in [1.82, 2.24) is 15.0 Å². The molecule has 6 heteroatoms. The number of aryl methyl sites for hydroxylation is 2. The van der Waals surface area contributed by atoms with Crippen molar-refractivity contribution in [2.24, 2.45) is 5.92 Å². The van der Waals surface area contributed by atoms with Gasteiger partial charge in [-0.2, -0.15) is 0 Å². The fourth-order valence-electron chi connectivity index (χ4n) is 3.30. The molecule has 0 amide bonds. The van der Waals surface area contributed by atoms with Crippen LogP contribution < -0.4 is 4.90 Å². The Kier molecular flexibility index (Phi) is 4.74. The van der Waals surface area contributed by atoms with Crippen LogP contribution in [0.4, 0.5) is 5.82 Å². The van der Waals surface area contributed by atoms with Gasteiger partial charge in [-0.1, -0.05) is 6.92 Å². The Morgan fingerprint density at radius 3 is 2.71 bits per heavy atom. The number of aliphatic carboxylic acids is 1. The number of carboxylic acids is 1. The maximum absolute atomic E-state index is 11.7. The number of pyridine rings is 1. The van der Waals surface area contributed by atoms with E-state index in [1.165, 1.54) is 0 Å². The second-order valence-corrected chi connectivity index (χ2v) is 6.27. The third-order valence-corrected chi connectivity index (χ3v) is 4.46. The number of carbonyl (C=O) groups is 1. The van der Waals surface area contributed by atoms with Gasteiger partial charge in [0.25, 0.3) is 0 Å². The molecule has 1 fully saturated rings. The van der Waals surface area contributed by atoms with Crippen LogP contribution in [-0.4, -0.2) is 39.1 Å². The van der Waals surface area contributed by atoms with Crippen LogP contribution in [0.25, 0.3) is 0 Å². The highest BCUT2D eigenvalue weighted by Gasteiger charge is 2.39. The molecule has 1 aliphatic heterocycles. The molecule has 0 saturated carbocycles. The fourth-order valence-corrected chi connectivity index (χ4v) is 3.30. The summed E-state index contributed by atoms with van der Waals surface area (Å²) >= 11 is 0. The summed E-state index contributed by atoms with van der Waals surface area (Å²) in [6.07, 6.45) is 5.25. The van der Waals surface area contributed by atoms with Gasteiger partial charge in [0.2, 0.25) is 0 Å². The zero-order chi connectivity index (χ0) is 17.1. The van der Waals surface area contributed by atoms with Crippen LogP contribution in [0.15, 0.2) is 30.6 Å². The number of aromatic nitrogens is 3.